The molecule has 0 aliphatic carbocycles. The van der Waals surface area contributed by atoms with Crippen molar-refractivity contribution in [3.05, 3.63) is 76.3 Å². The molecule has 3 aromatic rings. The minimum atomic E-state index is -0.827. The molecule has 194 valence electrons. The maximum atomic E-state index is 12.8. The van der Waals surface area contributed by atoms with Crippen LogP contribution in [0.3, 0.4) is 0 Å². The molecule has 0 saturated carbocycles. The van der Waals surface area contributed by atoms with Crippen LogP contribution in [-0.4, -0.2) is 37.7 Å². The number of amides is 2. The number of benzene rings is 3. The van der Waals surface area contributed by atoms with Gasteiger partial charge in [0.1, 0.15) is 17.2 Å². The minimum absolute atomic E-state index is 0.0369. The Hall–Kier alpha value is -3.42. The molecule has 2 amide bonds. The Kier molecular flexibility index (Phi) is 8.79. The Morgan fingerprint density at radius 1 is 1.11 bits per heavy atom. The molecule has 0 bridgehead atoms. The summed E-state index contributed by atoms with van der Waals surface area (Å²) in [5, 5.41) is 3.61. The summed E-state index contributed by atoms with van der Waals surface area (Å²) in [6, 6.07) is 18.0. The number of halogens is 2. The van der Waals surface area contributed by atoms with Crippen molar-refractivity contribution >= 4 is 46.4 Å². The Bertz CT molecular complexity index is 1270. The molecule has 0 aromatic heterocycles. The molecule has 1 atom stereocenters. The van der Waals surface area contributed by atoms with Crippen LogP contribution in [0.1, 0.15) is 25.8 Å². The number of ether oxygens (including phenoxy) is 3. The summed E-state index contributed by atoms with van der Waals surface area (Å²) in [5.41, 5.74) is 2.35. The maximum absolute atomic E-state index is 12.8. The van der Waals surface area contributed by atoms with E-state index in [1.807, 2.05) is 24.3 Å². The maximum Gasteiger partial charge on any atom is 0.265 e. The number of carbonyl (C=O) groups excluding carboxylic acids is 2. The van der Waals surface area contributed by atoms with Crippen molar-refractivity contribution in [1.82, 2.24) is 0 Å². The average Bonchev–Trinajstić information content (AvgIpc) is 2.89. The van der Waals surface area contributed by atoms with Gasteiger partial charge in [0.2, 0.25) is 0 Å². The third-order valence-electron chi connectivity index (χ3n) is 5.86. The summed E-state index contributed by atoms with van der Waals surface area (Å²) < 4.78 is 17.1. The molecule has 1 aliphatic heterocycles. The SMILES string of the molecule is CCc1ccc(OCCCN2C(=O)COc3ccc(NC(=O)C(C)Oc4ccc(Cl)cc4Cl)cc32)cc1. The van der Waals surface area contributed by atoms with Crippen LogP contribution in [0, 0.1) is 0 Å². The summed E-state index contributed by atoms with van der Waals surface area (Å²) in [6.45, 7) is 4.60. The van der Waals surface area contributed by atoms with Gasteiger partial charge in [-0.05, 0) is 73.9 Å². The van der Waals surface area contributed by atoms with E-state index in [4.69, 9.17) is 37.4 Å². The van der Waals surface area contributed by atoms with E-state index in [0.717, 1.165) is 12.2 Å². The first-order valence-corrected chi connectivity index (χ1v) is 12.8. The van der Waals surface area contributed by atoms with E-state index in [0.29, 0.717) is 52.5 Å². The van der Waals surface area contributed by atoms with Gasteiger partial charge in [0.15, 0.2) is 12.7 Å². The second-order valence-electron chi connectivity index (χ2n) is 8.54. The first-order chi connectivity index (χ1) is 17.8. The third-order valence-corrected chi connectivity index (χ3v) is 6.39. The zero-order chi connectivity index (χ0) is 26.4. The number of rotatable bonds is 10. The van der Waals surface area contributed by atoms with Crippen LogP contribution in [0.2, 0.25) is 10.0 Å². The van der Waals surface area contributed by atoms with Gasteiger partial charge in [-0.1, -0.05) is 42.3 Å². The van der Waals surface area contributed by atoms with E-state index in [-0.39, 0.29) is 18.4 Å². The second kappa shape index (κ2) is 12.2. The number of hydrogen-bond acceptors (Lipinski definition) is 5. The summed E-state index contributed by atoms with van der Waals surface area (Å²) in [7, 11) is 0. The molecular formula is C28H28Cl2N2O5. The highest BCUT2D eigenvalue weighted by Crippen LogP contribution is 2.35. The fourth-order valence-electron chi connectivity index (χ4n) is 3.82. The van der Waals surface area contributed by atoms with Gasteiger partial charge < -0.3 is 24.4 Å². The minimum Gasteiger partial charge on any atom is -0.494 e. The van der Waals surface area contributed by atoms with Crippen molar-refractivity contribution in [3.63, 3.8) is 0 Å². The molecule has 4 rings (SSSR count). The van der Waals surface area contributed by atoms with Gasteiger partial charge in [-0.2, -0.15) is 0 Å². The molecular weight excluding hydrogens is 515 g/mol. The number of carbonyl (C=O) groups is 2. The van der Waals surface area contributed by atoms with Gasteiger partial charge >= 0.3 is 0 Å². The quantitative estimate of drug-likeness (QED) is 0.310. The van der Waals surface area contributed by atoms with Crippen LogP contribution in [0.4, 0.5) is 11.4 Å². The Morgan fingerprint density at radius 2 is 1.89 bits per heavy atom. The van der Waals surface area contributed by atoms with Crippen LogP contribution >= 0.6 is 23.2 Å². The summed E-state index contributed by atoms with van der Waals surface area (Å²) in [4.78, 5) is 27.0. The number of nitrogens with one attached hydrogen (secondary N) is 1. The molecule has 0 fully saturated rings. The zero-order valence-corrected chi connectivity index (χ0v) is 22.1. The molecule has 1 heterocycles. The van der Waals surface area contributed by atoms with Gasteiger partial charge in [-0.15, -0.1) is 0 Å². The number of fused-ring (bicyclic) bond motifs is 1. The number of aryl methyl sites for hydroxylation is 1. The topological polar surface area (TPSA) is 77.1 Å². The first kappa shape index (κ1) is 26.6. The molecule has 1 N–H and O–H groups in total. The first-order valence-electron chi connectivity index (χ1n) is 12.1. The highest BCUT2D eigenvalue weighted by atomic mass is 35.5. The lowest BCUT2D eigenvalue weighted by Crippen LogP contribution is -2.40. The smallest absolute Gasteiger partial charge is 0.265 e. The molecule has 7 nitrogen and oxygen atoms in total. The second-order valence-corrected chi connectivity index (χ2v) is 9.38. The number of hydrogen-bond donors (Lipinski definition) is 1. The fraction of sp³-hybridized carbons (Fsp3) is 0.286. The van der Waals surface area contributed by atoms with Gasteiger partial charge in [-0.3, -0.25) is 9.59 Å². The van der Waals surface area contributed by atoms with Crippen LogP contribution in [-0.2, 0) is 16.0 Å². The van der Waals surface area contributed by atoms with Gasteiger partial charge in [0.05, 0.1) is 17.3 Å². The van der Waals surface area contributed by atoms with Crippen molar-refractivity contribution < 1.29 is 23.8 Å². The van der Waals surface area contributed by atoms with Crippen molar-refractivity contribution in [2.45, 2.75) is 32.8 Å². The van der Waals surface area contributed by atoms with E-state index < -0.39 is 6.10 Å². The lowest BCUT2D eigenvalue weighted by molar-refractivity contribution is -0.122. The molecule has 3 aromatic carbocycles. The number of anilines is 2. The molecule has 0 saturated heterocycles. The van der Waals surface area contributed by atoms with Crippen LogP contribution < -0.4 is 24.4 Å². The standard InChI is InChI=1S/C28H28Cl2N2O5/c1-3-19-5-9-22(10-6-19)35-14-4-13-32-24-16-21(8-12-26(24)36-17-27(32)33)31-28(34)18(2)37-25-11-7-20(29)15-23(25)30/h5-12,15-16,18H,3-4,13-14,17H2,1-2H3,(H,31,34). The van der Waals surface area contributed by atoms with Crippen molar-refractivity contribution in [2.24, 2.45) is 0 Å². The van der Waals surface area contributed by atoms with Crippen molar-refractivity contribution in [1.29, 1.82) is 0 Å². The summed E-state index contributed by atoms with van der Waals surface area (Å²) in [6.07, 6.45) is 0.778. The Balaban J connectivity index is 1.37. The fourth-order valence-corrected chi connectivity index (χ4v) is 4.27. The summed E-state index contributed by atoms with van der Waals surface area (Å²) >= 11 is 12.1. The Morgan fingerprint density at radius 3 is 2.62 bits per heavy atom. The van der Waals surface area contributed by atoms with Crippen molar-refractivity contribution in [3.8, 4) is 17.2 Å². The van der Waals surface area contributed by atoms with Crippen LogP contribution in [0.5, 0.6) is 17.2 Å². The molecule has 1 aliphatic rings. The lowest BCUT2D eigenvalue weighted by atomic mass is 10.2. The van der Waals surface area contributed by atoms with E-state index >= 15 is 0 Å². The lowest BCUT2D eigenvalue weighted by Gasteiger charge is -2.30. The van der Waals surface area contributed by atoms with Crippen LogP contribution in [0.25, 0.3) is 0 Å². The van der Waals surface area contributed by atoms with Crippen molar-refractivity contribution in [2.75, 3.05) is 30.0 Å². The monoisotopic (exact) mass is 542 g/mol. The molecule has 37 heavy (non-hydrogen) atoms. The van der Waals surface area contributed by atoms with Gasteiger partial charge in [-0.25, -0.2) is 0 Å². The third kappa shape index (κ3) is 6.87. The molecule has 9 heteroatoms. The highest BCUT2D eigenvalue weighted by molar-refractivity contribution is 6.35. The number of nitrogens with zero attached hydrogens (tertiary/aromatic N) is 1. The molecule has 1 unspecified atom stereocenters. The normalized spacial score (nSPS) is 13.4. The predicted octanol–water partition coefficient (Wildman–Crippen LogP) is 6.16. The van der Waals surface area contributed by atoms with Crippen LogP contribution in [0.15, 0.2) is 60.7 Å². The largest absolute Gasteiger partial charge is 0.494 e. The van der Waals surface area contributed by atoms with E-state index in [1.54, 1.807) is 48.2 Å². The van der Waals surface area contributed by atoms with Gasteiger partial charge in [0, 0.05) is 17.3 Å². The van der Waals surface area contributed by atoms with E-state index in [9.17, 15) is 9.59 Å². The predicted molar refractivity (Wildman–Crippen MR) is 145 cm³/mol. The molecule has 0 spiro atoms. The van der Waals surface area contributed by atoms with E-state index in [2.05, 4.69) is 12.2 Å². The highest BCUT2D eigenvalue weighted by Gasteiger charge is 2.26. The summed E-state index contributed by atoms with van der Waals surface area (Å²) in [5.74, 6) is 1.20. The zero-order valence-electron chi connectivity index (χ0n) is 20.6. The van der Waals surface area contributed by atoms with E-state index in [1.165, 1.54) is 5.56 Å². The Labute approximate surface area is 226 Å². The molecule has 0 radical (unpaired) electrons. The van der Waals surface area contributed by atoms with Gasteiger partial charge in [0.25, 0.3) is 11.8 Å². The average molecular weight is 543 g/mol.